The molecule has 0 saturated carbocycles. The average molecular weight is 619 g/mol. The number of hydrogen-bond donors (Lipinski definition) is 1. The van der Waals surface area contributed by atoms with Gasteiger partial charge in [0.1, 0.15) is 0 Å². The van der Waals surface area contributed by atoms with Crippen LogP contribution in [0.2, 0.25) is 5.02 Å². The second-order valence-corrected chi connectivity index (χ2v) is 14.7. The zero-order valence-electron chi connectivity index (χ0n) is 23.6. The van der Waals surface area contributed by atoms with Gasteiger partial charge in [0, 0.05) is 43.4 Å². The highest BCUT2D eigenvalue weighted by molar-refractivity contribution is 7.89. The number of aryl methyl sites for hydroxylation is 3. The molecule has 3 aromatic carbocycles. The molecule has 0 aromatic heterocycles. The van der Waals surface area contributed by atoms with Crippen LogP contribution in [0.4, 0.5) is 5.69 Å². The summed E-state index contributed by atoms with van der Waals surface area (Å²) in [7, 11) is -5.77. The van der Waals surface area contributed by atoms with Crippen LogP contribution in [0.5, 0.6) is 0 Å². The lowest BCUT2D eigenvalue weighted by Crippen LogP contribution is -2.46. The van der Waals surface area contributed by atoms with E-state index in [9.17, 15) is 21.6 Å². The minimum Gasteiger partial charge on any atom is -0.325 e. The normalized spacial score (nSPS) is 15.3. The number of halogens is 1. The second-order valence-electron chi connectivity index (χ2n) is 10.4. The summed E-state index contributed by atoms with van der Waals surface area (Å²) in [5.41, 5.74) is 3.17. The van der Waals surface area contributed by atoms with E-state index in [1.165, 1.54) is 28.6 Å². The third-order valence-corrected chi connectivity index (χ3v) is 11.3. The van der Waals surface area contributed by atoms with Gasteiger partial charge in [-0.25, -0.2) is 16.8 Å². The van der Waals surface area contributed by atoms with Gasteiger partial charge in [-0.1, -0.05) is 41.4 Å². The number of anilines is 1. The third kappa shape index (κ3) is 7.35. The van der Waals surface area contributed by atoms with E-state index >= 15 is 0 Å². The number of nitrogens with zero attached hydrogens (tertiary/aromatic N) is 3. The van der Waals surface area contributed by atoms with Crippen LogP contribution in [0, 0.1) is 20.8 Å². The van der Waals surface area contributed by atoms with Gasteiger partial charge >= 0.3 is 0 Å². The van der Waals surface area contributed by atoms with Crippen LogP contribution in [-0.4, -0.2) is 76.0 Å². The maximum absolute atomic E-state index is 13.9. The lowest BCUT2D eigenvalue weighted by atomic mass is 10.1. The fraction of sp³-hybridized carbons (Fsp3) is 0.345. The predicted octanol–water partition coefficient (Wildman–Crippen LogP) is 4.03. The molecule has 0 bridgehead atoms. The van der Waals surface area contributed by atoms with Crippen LogP contribution in [0.25, 0.3) is 0 Å². The number of benzene rings is 3. The molecule has 4 rings (SSSR count). The fourth-order valence-corrected chi connectivity index (χ4v) is 8.31. The smallest absolute Gasteiger partial charge is 0.244 e. The summed E-state index contributed by atoms with van der Waals surface area (Å²) in [6.45, 7) is 7.04. The molecule has 0 spiro atoms. The van der Waals surface area contributed by atoms with Crippen LogP contribution >= 0.6 is 11.6 Å². The van der Waals surface area contributed by atoms with Crippen molar-refractivity contribution < 1.29 is 21.6 Å². The average Bonchev–Trinajstić information content (AvgIpc) is 2.89. The van der Waals surface area contributed by atoms with Gasteiger partial charge in [-0.15, -0.1) is 0 Å². The van der Waals surface area contributed by atoms with Gasteiger partial charge < -0.3 is 10.2 Å². The molecule has 0 radical (unpaired) electrons. The molecule has 220 valence electrons. The molecule has 0 atom stereocenters. The molecule has 0 unspecified atom stereocenters. The van der Waals surface area contributed by atoms with Gasteiger partial charge in [-0.3, -0.25) is 4.79 Å². The van der Waals surface area contributed by atoms with Crippen molar-refractivity contribution in [2.45, 2.75) is 37.1 Å². The molecule has 3 aromatic rings. The van der Waals surface area contributed by atoms with Crippen molar-refractivity contribution in [1.29, 1.82) is 0 Å². The summed E-state index contributed by atoms with van der Waals surface area (Å²) in [4.78, 5) is 15.5. The summed E-state index contributed by atoms with van der Waals surface area (Å²) in [6.07, 6.45) is 0. The van der Waals surface area contributed by atoms with E-state index in [2.05, 4.69) is 10.2 Å². The number of hydrogen-bond acceptors (Lipinski definition) is 6. The molecule has 1 amide bonds. The quantitative estimate of drug-likeness (QED) is 0.388. The highest BCUT2D eigenvalue weighted by atomic mass is 35.5. The maximum Gasteiger partial charge on any atom is 0.244 e. The molecule has 1 fully saturated rings. The van der Waals surface area contributed by atoms with Crippen molar-refractivity contribution in [3.8, 4) is 0 Å². The Morgan fingerprint density at radius 2 is 1.44 bits per heavy atom. The van der Waals surface area contributed by atoms with Crippen LogP contribution in [0.3, 0.4) is 0 Å². The Kier molecular flexibility index (Phi) is 9.57. The number of rotatable bonds is 9. The highest BCUT2D eigenvalue weighted by Gasteiger charge is 2.31. The molecule has 1 saturated heterocycles. The summed E-state index contributed by atoms with van der Waals surface area (Å²) in [5.74, 6) is -0.556. The monoisotopic (exact) mass is 618 g/mol. The van der Waals surface area contributed by atoms with E-state index in [4.69, 9.17) is 11.6 Å². The number of likely N-dealkylation sites (N-methyl/N-ethyl adjacent to an activating group) is 1. The first-order valence-corrected chi connectivity index (χ1v) is 16.4. The van der Waals surface area contributed by atoms with E-state index < -0.39 is 32.5 Å². The molecular weight excluding hydrogens is 584 g/mol. The summed E-state index contributed by atoms with van der Waals surface area (Å²) >= 11 is 6.02. The summed E-state index contributed by atoms with van der Waals surface area (Å²) < 4.78 is 56.5. The maximum atomic E-state index is 13.9. The molecule has 1 aliphatic heterocycles. The number of carbonyl (C=O) groups excluding carboxylic acids is 1. The Morgan fingerprint density at radius 1 is 0.878 bits per heavy atom. The topological polar surface area (TPSA) is 107 Å². The van der Waals surface area contributed by atoms with Gasteiger partial charge in [0.25, 0.3) is 0 Å². The van der Waals surface area contributed by atoms with Crippen LogP contribution < -0.4 is 5.32 Å². The van der Waals surface area contributed by atoms with Crippen LogP contribution in [-0.2, 0) is 31.4 Å². The molecule has 1 N–H and O–H groups in total. The van der Waals surface area contributed by atoms with Crippen molar-refractivity contribution in [2.75, 3.05) is 45.1 Å². The van der Waals surface area contributed by atoms with E-state index in [-0.39, 0.29) is 16.3 Å². The fourth-order valence-electron chi connectivity index (χ4n) is 4.97. The molecule has 0 aliphatic carbocycles. The number of nitrogens with one attached hydrogen (secondary N) is 1. The van der Waals surface area contributed by atoms with Gasteiger partial charge in [-0.05, 0) is 80.9 Å². The Morgan fingerprint density at radius 3 is 2.00 bits per heavy atom. The third-order valence-electron chi connectivity index (χ3n) is 7.03. The van der Waals surface area contributed by atoms with Crippen molar-refractivity contribution in [1.82, 2.24) is 13.5 Å². The SMILES string of the molecule is Cc1cc(C)c(S(=O)(=O)N(CC(=O)Nc2ccc(S(=O)(=O)N3CCN(C)CC3)cc2)Cc2ccc(Cl)cc2)c(C)c1. The molecule has 12 heteroatoms. The Hall–Kier alpha value is -2.80. The van der Waals surface area contributed by atoms with Crippen molar-refractivity contribution >= 4 is 43.2 Å². The molecular formula is C29H35ClN4O5S2. The Balaban J connectivity index is 1.55. The van der Waals surface area contributed by atoms with Gasteiger partial charge in [0.05, 0.1) is 16.3 Å². The number of carbonyl (C=O) groups is 1. The lowest BCUT2D eigenvalue weighted by molar-refractivity contribution is -0.116. The predicted molar refractivity (Wildman–Crippen MR) is 161 cm³/mol. The molecule has 1 aliphatic rings. The molecule has 41 heavy (non-hydrogen) atoms. The van der Waals surface area contributed by atoms with E-state index in [0.717, 1.165) is 9.87 Å². The van der Waals surface area contributed by atoms with Crippen LogP contribution in [0.15, 0.2) is 70.5 Å². The second kappa shape index (κ2) is 12.6. The van der Waals surface area contributed by atoms with Crippen molar-refractivity contribution in [2.24, 2.45) is 0 Å². The number of sulfonamides is 2. The van der Waals surface area contributed by atoms with Gasteiger partial charge in [-0.2, -0.15) is 8.61 Å². The van der Waals surface area contributed by atoms with E-state index in [1.807, 2.05) is 14.0 Å². The van der Waals surface area contributed by atoms with Crippen molar-refractivity contribution in [3.63, 3.8) is 0 Å². The largest absolute Gasteiger partial charge is 0.325 e. The molecule has 9 nitrogen and oxygen atoms in total. The van der Waals surface area contributed by atoms with Gasteiger partial charge in [0.2, 0.25) is 26.0 Å². The van der Waals surface area contributed by atoms with E-state index in [0.29, 0.717) is 53.6 Å². The lowest BCUT2D eigenvalue weighted by Gasteiger charge is -2.31. The molecule has 1 heterocycles. The van der Waals surface area contributed by atoms with Crippen molar-refractivity contribution in [3.05, 3.63) is 87.9 Å². The summed E-state index contributed by atoms with van der Waals surface area (Å²) in [5, 5.41) is 3.23. The van der Waals surface area contributed by atoms with Gasteiger partial charge in [0.15, 0.2) is 0 Å². The zero-order chi connectivity index (χ0) is 29.9. The minimum absolute atomic E-state index is 0.0398. The standard InChI is InChI=1S/C29H35ClN4O5S2/c1-21-17-22(2)29(23(3)18-21)41(38,39)34(19-24-5-7-25(30)8-6-24)20-28(35)31-26-9-11-27(12-10-26)40(36,37)33-15-13-32(4)14-16-33/h5-12,17-18H,13-16,19-20H2,1-4H3,(H,31,35). The Labute approximate surface area is 247 Å². The summed E-state index contributed by atoms with van der Waals surface area (Å²) in [6, 6.07) is 16.3. The number of piperazine rings is 1. The minimum atomic E-state index is -4.07. The number of amides is 1. The zero-order valence-corrected chi connectivity index (χ0v) is 26.0. The first-order chi connectivity index (χ1) is 19.3. The first-order valence-electron chi connectivity index (χ1n) is 13.2. The van der Waals surface area contributed by atoms with E-state index in [1.54, 1.807) is 50.2 Å². The Bertz CT molecular complexity index is 1600. The first kappa shape index (κ1) is 31.1. The van der Waals surface area contributed by atoms with Crippen LogP contribution in [0.1, 0.15) is 22.3 Å². The highest BCUT2D eigenvalue weighted by Crippen LogP contribution is 2.27.